The molecule has 0 bridgehead atoms. The fraction of sp³-hybridized carbons (Fsp3) is 0.857. The van der Waals surface area contributed by atoms with Gasteiger partial charge in [0.2, 0.25) is 0 Å². The maximum absolute atomic E-state index is 11.4. The van der Waals surface area contributed by atoms with E-state index in [0.717, 1.165) is 0 Å². The fourth-order valence-electron chi connectivity index (χ4n) is 1.11. The van der Waals surface area contributed by atoms with Crippen molar-refractivity contribution in [3.8, 4) is 0 Å². The number of esters is 1. The molecule has 1 aliphatic rings. The summed E-state index contributed by atoms with van der Waals surface area (Å²) in [5.74, 6) is -3.64. The number of hydrogen-bond donors (Lipinski definition) is 1. The van der Waals surface area contributed by atoms with Crippen molar-refractivity contribution in [2.75, 3.05) is 6.61 Å². The normalized spacial score (nSPS) is 35.6. The Morgan fingerprint density at radius 1 is 1.64 bits per heavy atom. The Bertz CT molecular complexity index is 286. The minimum atomic E-state index is -4.06. The summed E-state index contributed by atoms with van der Waals surface area (Å²) in [6, 6.07) is 0. The molecule has 82 valence electrons. The Morgan fingerprint density at radius 2 is 2.21 bits per heavy atom. The second-order valence-corrected chi connectivity index (χ2v) is 5.06. The summed E-state index contributed by atoms with van der Waals surface area (Å²) in [6.07, 6.45) is 0. The molecule has 2 unspecified atom stereocenters. The van der Waals surface area contributed by atoms with E-state index in [-0.39, 0.29) is 6.61 Å². The number of carbonyl (C=O) groups is 1. The first-order valence-electron chi connectivity index (χ1n) is 4.16. The summed E-state index contributed by atoms with van der Waals surface area (Å²) >= 11 is 0. The first-order chi connectivity index (χ1) is 6.28. The average Bonchev–Trinajstić information content (AvgIpc) is 2.19. The highest BCUT2D eigenvalue weighted by Gasteiger charge is 2.54. The van der Waals surface area contributed by atoms with Gasteiger partial charge in [0.1, 0.15) is 0 Å². The van der Waals surface area contributed by atoms with Crippen LogP contribution in [0, 0.1) is 0 Å². The number of hydrogen-bond acceptors (Lipinski definition) is 5. The van der Waals surface area contributed by atoms with Gasteiger partial charge >= 0.3 is 13.6 Å². The van der Waals surface area contributed by atoms with Crippen LogP contribution in [0.5, 0.6) is 0 Å². The second kappa shape index (κ2) is 3.62. The molecule has 7 heteroatoms. The SMILES string of the molecule is CCOC(=O)C1OC(C)(C)OP1(=O)O. The van der Waals surface area contributed by atoms with Gasteiger partial charge in [-0.2, -0.15) is 0 Å². The van der Waals surface area contributed by atoms with Crippen LogP contribution in [0.1, 0.15) is 20.8 Å². The molecule has 0 aromatic heterocycles. The summed E-state index contributed by atoms with van der Waals surface area (Å²) < 4.78 is 25.6. The molecule has 0 spiro atoms. The van der Waals surface area contributed by atoms with E-state index in [0.29, 0.717) is 0 Å². The van der Waals surface area contributed by atoms with Crippen LogP contribution in [0.3, 0.4) is 0 Å². The Labute approximate surface area is 81.7 Å². The Morgan fingerprint density at radius 3 is 2.57 bits per heavy atom. The maximum atomic E-state index is 11.4. The molecule has 1 saturated heterocycles. The van der Waals surface area contributed by atoms with Crippen LogP contribution in [-0.2, 0) is 23.4 Å². The van der Waals surface area contributed by atoms with E-state index in [1.807, 2.05) is 0 Å². The van der Waals surface area contributed by atoms with Crippen LogP contribution >= 0.6 is 7.60 Å². The van der Waals surface area contributed by atoms with Crippen LogP contribution in [0.25, 0.3) is 0 Å². The lowest BCUT2D eigenvalue weighted by molar-refractivity contribution is -0.168. The Kier molecular flexibility index (Phi) is 3.02. The van der Waals surface area contributed by atoms with Crippen molar-refractivity contribution in [3.63, 3.8) is 0 Å². The highest BCUT2D eigenvalue weighted by atomic mass is 31.2. The first-order valence-corrected chi connectivity index (χ1v) is 5.81. The molecule has 1 fully saturated rings. The maximum Gasteiger partial charge on any atom is 0.370 e. The monoisotopic (exact) mass is 224 g/mol. The van der Waals surface area contributed by atoms with E-state index < -0.39 is 25.2 Å². The van der Waals surface area contributed by atoms with Crippen molar-refractivity contribution in [2.45, 2.75) is 32.4 Å². The van der Waals surface area contributed by atoms with Crippen molar-refractivity contribution in [2.24, 2.45) is 0 Å². The van der Waals surface area contributed by atoms with Crippen molar-refractivity contribution in [3.05, 3.63) is 0 Å². The molecule has 0 radical (unpaired) electrons. The molecule has 0 amide bonds. The molecule has 6 nitrogen and oxygen atoms in total. The van der Waals surface area contributed by atoms with Crippen LogP contribution in [0.4, 0.5) is 0 Å². The molecule has 1 rings (SSSR count). The van der Waals surface area contributed by atoms with Crippen LogP contribution < -0.4 is 0 Å². The third-order valence-electron chi connectivity index (χ3n) is 1.53. The molecule has 2 atom stereocenters. The summed E-state index contributed by atoms with van der Waals surface area (Å²) in [4.78, 5) is 20.5. The van der Waals surface area contributed by atoms with Gasteiger partial charge in [-0.1, -0.05) is 0 Å². The van der Waals surface area contributed by atoms with Gasteiger partial charge in [-0.25, -0.2) is 4.79 Å². The van der Waals surface area contributed by atoms with Gasteiger partial charge in [0.05, 0.1) is 6.61 Å². The quantitative estimate of drug-likeness (QED) is 0.553. The van der Waals surface area contributed by atoms with Crippen molar-refractivity contribution in [1.82, 2.24) is 0 Å². The minimum Gasteiger partial charge on any atom is -0.464 e. The molecule has 1 heterocycles. The summed E-state index contributed by atoms with van der Waals surface area (Å²) in [6.45, 7) is 4.63. The van der Waals surface area contributed by atoms with Gasteiger partial charge in [-0.3, -0.25) is 9.09 Å². The lowest BCUT2D eigenvalue weighted by Gasteiger charge is -2.14. The van der Waals surface area contributed by atoms with Gasteiger partial charge in [0.25, 0.3) is 5.85 Å². The van der Waals surface area contributed by atoms with Crippen molar-refractivity contribution < 1.29 is 28.3 Å². The molecular formula is C7H13O6P. The highest BCUT2D eigenvalue weighted by molar-refractivity contribution is 7.54. The summed E-state index contributed by atoms with van der Waals surface area (Å²) in [5, 5.41) is 0. The summed E-state index contributed by atoms with van der Waals surface area (Å²) in [5.41, 5.74) is 0. The number of carbonyl (C=O) groups excluding carboxylic acids is 1. The standard InChI is InChI=1S/C7H13O6P/c1-4-11-5(8)6-12-7(2,3)13-14(6,9)10/h6H,4H2,1-3H3,(H,9,10). The lowest BCUT2D eigenvalue weighted by Crippen LogP contribution is -2.27. The average molecular weight is 224 g/mol. The predicted octanol–water partition coefficient (Wildman–Crippen LogP) is 0.844. The third kappa shape index (κ3) is 2.33. The molecule has 0 aromatic carbocycles. The minimum absolute atomic E-state index is 0.124. The van der Waals surface area contributed by atoms with Crippen molar-refractivity contribution in [1.29, 1.82) is 0 Å². The van der Waals surface area contributed by atoms with Gasteiger partial charge in [0.15, 0.2) is 5.79 Å². The van der Waals surface area contributed by atoms with Gasteiger partial charge < -0.3 is 14.4 Å². The molecule has 1 aliphatic heterocycles. The van der Waals surface area contributed by atoms with Crippen LogP contribution in [-0.4, -0.2) is 29.1 Å². The lowest BCUT2D eigenvalue weighted by atomic mass is 10.4. The largest absolute Gasteiger partial charge is 0.464 e. The zero-order valence-electron chi connectivity index (χ0n) is 8.22. The molecule has 0 aromatic rings. The van der Waals surface area contributed by atoms with E-state index in [1.54, 1.807) is 6.92 Å². The summed E-state index contributed by atoms with van der Waals surface area (Å²) in [7, 11) is -4.06. The number of ether oxygens (including phenoxy) is 2. The number of rotatable bonds is 2. The molecule has 1 N–H and O–H groups in total. The zero-order chi connectivity index (χ0) is 11.0. The van der Waals surface area contributed by atoms with Gasteiger partial charge in [-0.05, 0) is 20.8 Å². The Balaban J connectivity index is 2.80. The smallest absolute Gasteiger partial charge is 0.370 e. The van der Waals surface area contributed by atoms with E-state index >= 15 is 0 Å². The van der Waals surface area contributed by atoms with Crippen LogP contribution in [0.2, 0.25) is 0 Å². The molecule has 14 heavy (non-hydrogen) atoms. The van der Waals surface area contributed by atoms with E-state index in [9.17, 15) is 14.3 Å². The fourth-order valence-corrected chi connectivity index (χ4v) is 2.61. The van der Waals surface area contributed by atoms with E-state index in [1.165, 1.54) is 13.8 Å². The molecular weight excluding hydrogens is 211 g/mol. The molecule has 0 aliphatic carbocycles. The van der Waals surface area contributed by atoms with Crippen LogP contribution in [0.15, 0.2) is 0 Å². The Hall–Kier alpha value is -0.420. The first kappa shape index (κ1) is 11.7. The zero-order valence-corrected chi connectivity index (χ0v) is 9.11. The molecule has 0 saturated carbocycles. The second-order valence-electron chi connectivity index (χ2n) is 3.28. The topological polar surface area (TPSA) is 82.1 Å². The third-order valence-corrected chi connectivity index (χ3v) is 3.14. The predicted molar refractivity (Wildman–Crippen MR) is 46.5 cm³/mol. The van der Waals surface area contributed by atoms with E-state index in [2.05, 4.69) is 4.74 Å². The van der Waals surface area contributed by atoms with Gasteiger partial charge in [-0.15, -0.1) is 0 Å². The van der Waals surface area contributed by atoms with Gasteiger partial charge in [0, 0.05) is 0 Å². The highest BCUT2D eigenvalue weighted by Crippen LogP contribution is 2.58. The van der Waals surface area contributed by atoms with Crippen molar-refractivity contribution >= 4 is 13.6 Å². The van der Waals surface area contributed by atoms with E-state index in [4.69, 9.17) is 9.26 Å².